The van der Waals surface area contributed by atoms with Crippen LogP contribution < -0.4 is 16.0 Å². The maximum atomic E-state index is 13.6. The van der Waals surface area contributed by atoms with Crippen molar-refractivity contribution >= 4 is 17.8 Å². The summed E-state index contributed by atoms with van der Waals surface area (Å²) in [5.74, 6) is -0.384. The average Bonchev–Trinajstić information content (AvgIpc) is 3.21. The fourth-order valence-corrected chi connectivity index (χ4v) is 5.05. The van der Waals surface area contributed by atoms with Gasteiger partial charge in [-0.2, -0.15) is 0 Å². The maximum absolute atomic E-state index is 13.6. The number of aromatic nitrogens is 1. The number of aryl methyl sites for hydroxylation is 2. The summed E-state index contributed by atoms with van der Waals surface area (Å²) in [4.78, 5) is 46.2. The Hall–Kier alpha value is -3.42. The molecule has 0 bridgehead atoms. The molecule has 2 aromatic rings. The van der Waals surface area contributed by atoms with Crippen molar-refractivity contribution in [2.45, 2.75) is 104 Å². The van der Waals surface area contributed by atoms with E-state index in [1.807, 2.05) is 76.0 Å². The van der Waals surface area contributed by atoms with Gasteiger partial charge in [0.15, 0.2) is 0 Å². The third-order valence-corrected chi connectivity index (χ3v) is 7.20. The summed E-state index contributed by atoms with van der Waals surface area (Å²) in [6.45, 7) is 11.2. The molecule has 3 rings (SSSR count). The molecule has 0 unspecified atom stereocenters. The lowest BCUT2D eigenvalue weighted by Crippen LogP contribution is -2.58. The van der Waals surface area contributed by atoms with Crippen LogP contribution in [0.1, 0.15) is 83.5 Å². The fourth-order valence-electron chi connectivity index (χ4n) is 5.05. The number of hydrogen-bond acceptors (Lipinski definition) is 4. The number of nitrogens with zero attached hydrogens (tertiary/aromatic N) is 2. The van der Waals surface area contributed by atoms with Crippen LogP contribution in [0.15, 0.2) is 48.7 Å². The molecule has 0 aliphatic carbocycles. The van der Waals surface area contributed by atoms with Crippen molar-refractivity contribution in [1.82, 2.24) is 25.8 Å². The number of likely N-dealkylation sites (tertiary alicyclic amines) is 1. The number of hydrogen-bond donors (Lipinski definition) is 3. The van der Waals surface area contributed by atoms with E-state index in [9.17, 15) is 14.4 Å². The van der Waals surface area contributed by atoms with Crippen LogP contribution in [0.4, 0.5) is 4.79 Å². The number of carbonyl (C=O) groups is 3. The Bertz CT molecular complexity index is 1100. The Morgan fingerprint density at radius 1 is 0.829 bits per heavy atom. The minimum absolute atomic E-state index is 0.190. The van der Waals surface area contributed by atoms with Gasteiger partial charge < -0.3 is 20.9 Å². The topological polar surface area (TPSA) is 103 Å². The molecular formula is C33H49N5O3. The first-order valence-electron chi connectivity index (χ1n) is 15.2. The van der Waals surface area contributed by atoms with Gasteiger partial charge in [-0.05, 0) is 82.1 Å². The van der Waals surface area contributed by atoms with Crippen LogP contribution in [-0.4, -0.2) is 58.4 Å². The second-order valence-electron chi connectivity index (χ2n) is 12.7. The summed E-state index contributed by atoms with van der Waals surface area (Å²) in [7, 11) is 0. The van der Waals surface area contributed by atoms with Gasteiger partial charge in [0, 0.05) is 36.9 Å². The quantitative estimate of drug-likeness (QED) is 0.365. The Morgan fingerprint density at radius 2 is 1.49 bits per heavy atom. The number of carbonyl (C=O) groups excluding carboxylic acids is 3. The standard InChI is InChI=1S/C33H49N5O3/c1-24(2)22-28(36-32(41)38-20-10-6-7-11-21-38)30(39)35-29(31(40)37-33(3,4)5)23-26-15-13-25(14-16-26)17-18-27-12-8-9-19-34-27/h8-9,12-16,19,24,28-29H,6-7,10-11,17-18,20-23H2,1-5H3,(H,35,39)(H,36,41)(H,37,40)/t28-,29-/m0/s1. The minimum Gasteiger partial charge on any atom is -0.350 e. The molecule has 8 nitrogen and oxygen atoms in total. The SMILES string of the molecule is CC(C)C[C@H](NC(=O)N1CCCCCC1)C(=O)N[C@@H](Cc1ccc(CCc2ccccn2)cc1)C(=O)NC(C)(C)C. The number of pyridine rings is 1. The van der Waals surface area contributed by atoms with Crippen LogP contribution in [0.5, 0.6) is 0 Å². The molecule has 41 heavy (non-hydrogen) atoms. The third kappa shape index (κ3) is 11.5. The summed E-state index contributed by atoms with van der Waals surface area (Å²) in [6.07, 6.45) is 8.57. The molecular weight excluding hydrogens is 514 g/mol. The number of benzene rings is 1. The normalized spacial score (nSPS) is 15.5. The van der Waals surface area contributed by atoms with Gasteiger partial charge in [0.1, 0.15) is 12.1 Å². The van der Waals surface area contributed by atoms with Gasteiger partial charge in [0.2, 0.25) is 11.8 Å². The molecule has 1 fully saturated rings. The minimum atomic E-state index is -0.772. The summed E-state index contributed by atoms with van der Waals surface area (Å²) in [5.41, 5.74) is 2.74. The molecule has 1 aliphatic heterocycles. The predicted molar refractivity (Wildman–Crippen MR) is 163 cm³/mol. The second-order valence-corrected chi connectivity index (χ2v) is 12.7. The molecule has 3 N–H and O–H groups in total. The molecule has 1 aromatic carbocycles. The van der Waals surface area contributed by atoms with E-state index in [0.717, 1.165) is 49.8 Å². The highest BCUT2D eigenvalue weighted by molar-refractivity contribution is 5.92. The predicted octanol–water partition coefficient (Wildman–Crippen LogP) is 4.81. The second kappa shape index (κ2) is 15.5. The summed E-state index contributed by atoms with van der Waals surface area (Å²) < 4.78 is 0. The van der Waals surface area contributed by atoms with E-state index in [0.29, 0.717) is 25.9 Å². The molecule has 224 valence electrons. The Morgan fingerprint density at radius 3 is 2.07 bits per heavy atom. The molecule has 0 spiro atoms. The van der Waals surface area contributed by atoms with Crippen LogP contribution in [-0.2, 0) is 28.9 Å². The van der Waals surface area contributed by atoms with Crippen molar-refractivity contribution in [2.24, 2.45) is 5.92 Å². The van der Waals surface area contributed by atoms with Crippen molar-refractivity contribution in [3.63, 3.8) is 0 Å². The molecule has 4 amide bonds. The van der Waals surface area contributed by atoms with Gasteiger partial charge in [-0.3, -0.25) is 14.6 Å². The maximum Gasteiger partial charge on any atom is 0.318 e. The Balaban J connectivity index is 1.70. The van der Waals surface area contributed by atoms with Crippen LogP contribution >= 0.6 is 0 Å². The van der Waals surface area contributed by atoms with Gasteiger partial charge in [-0.25, -0.2) is 4.79 Å². The van der Waals surface area contributed by atoms with Gasteiger partial charge in [0.05, 0.1) is 0 Å². The van der Waals surface area contributed by atoms with Crippen molar-refractivity contribution in [1.29, 1.82) is 0 Å². The first-order chi connectivity index (χ1) is 19.5. The molecule has 1 aromatic heterocycles. The molecule has 8 heteroatoms. The lowest BCUT2D eigenvalue weighted by molar-refractivity contribution is -0.130. The highest BCUT2D eigenvalue weighted by Gasteiger charge is 2.30. The number of rotatable bonds is 11. The molecule has 0 saturated carbocycles. The van der Waals surface area contributed by atoms with Gasteiger partial charge >= 0.3 is 6.03 Å². The van der Waals surface area contributed by atoms with Crippen LogP contribution in [0.3, 0.4) is 0 Å². The summed E-state index contributed by atoms with van der Waals surface area (Å²) in [6, 6.07) is 12.4. The zero-order chi connectivity index (χ0) is 29.8. The first kappa shape index (κ1) is 32.1. The van der Waals surface area contributed by atoms with Crippen LogP contribution in [0, 0.1) is 5.92 Å². The van der Waals surface area contributed by atoms with Crippen LogP contribution in [0.2, 0.25) is 0 Å². The summed E-state index contributed by atoms with van der Waals surface area (Å²) in [5, 5.41) is 8.98. The van der Waals surface area contributed by atoms with E-state index in [4.69, 9.17) is 0 Å². The molecule has 1 aliphatic rings. The molecule has 1 saturated heterocycles. The van der Waals surface area contributed by atoms with Gasteiger partial charge in [-0.1, -0.05) is 57.0 Å². The van der Waals surface area contributed by atoms with E-state index in [1.165, 1.54) is 5.56 Å². The fraction of sp³-hybridized carbons (Fsp3) is 0.576. The van der Waals surface area contributed by atoms with E-state index in [1.54, 1.807) is 0 Å². The smallest absolute Gasteiger partial charge is 0.318 e. The van der Waals surface area contributed by atoms with Crippen molar-refractivity contribution in [2.75, 3.05) is 13.1 Å². The van der Waals surface area contributed by atoms with Crippen LogP contribution in [0.25, 0.3) is 0 Å². The monoisotopic (exact) mass is 563 g/mol. The van der Waals surface area contributed by atoms with E-state index in [2.05, 4.69) is 33.1 Å². The zero-order valence-electron chi connectivity index (χ0n) is 25.5. The van der Waals surface area contributed by atoms with Crippen molar-refractivity contribution < 1.29 is 14.4 Å². The van der Waals surface area contributed by atoms with E-state index >= 15 is 0 Å². The number of nitrogens with one attached hydrogen (secondary N) is 3. The number of urea groups is 1. The van der Waals surface area contributed by atoms with Gasteiger partial charge in [0.25, 0.3) is 0 Å². The molecule has 0 radical (unpaired) electrons. The number of amides is 4. The lowest BCUT2D eigenvalue weighted by Gasteiger charge is -2.29. The Labute approximate surface area is 246 Å². The van der Waals surface area contributed by atoms with Crippen molar-refractivity contribution in [3.8, 4) is 0 Å². The van der Waals surface area contributed by atoms with Gasteiger partial charge in [-0.15, -0.1) is 0 Å². The van der Waals surface area contributed by atoms with E-state index in [-0.39, 0.29) is 23.8 Å². The highest BCUT2D eigenvalue weighted by Crippen LogP contribution is 2.14. The average molecular weight is 564 g/mol. The largest absolute Gasteiger partial charge is 0.350 e. The lowest BCUT2D eigenvalue weighted by atomic mass is 9.99. The third-order valence-electron chi connectivity index (χ3n) is 7.20. The molecule has 2 heterocycles. The first-order valence-corrected chi connectivity index (χ1v) is 15.2. The highest BCUT2D eigenvalue weighted by atomic mass is 16.2. The van der Waals surface area contributed by atoms with E-state index < -0.39 is 17.6 Å². The summed E-state index contributed by atoms with van der Waals surface area (Å²) >= 11 is 0. The van der Waals surface area contributed by atoms with Crippen molar-refractivity contribution in [3.05, 3.63) is 65.5 Å². The Kier molecular flexibility index (Phi) is 12.2. The molecule has 2 atom stereocenters. The zero-order valence-corrected chi connectivity index (χ0v) is 25.5.